The Kier molecular flexibility index (Phi) is 4.50. The molecule has 136 valence electrons. The topological polar surface area (TPSA) is 58.6 Å². The minimum atomic E-state index is -0.555. The van der Waals surface area contributed by atoms with Crippen molar-refractivity contribution in [2.24, 2.45) is 0 Å². The van der Waals surface area contributed by atoms with Crippen molar-refractivity contribution in [3.63, 3.8) is 0 Å². The van der Waals surface area contributed by atoms with Gasteiger partial charge >= 0.3 is 0 Å². The first-order valence-electron chi connectivity index (χ1n) is 8.98. The Labute approximate surface area is 157 Å². The third kappa shape index (κ3) is 3.36. The van der Waals surface area contributed by atoms with Gasteiger partial charge in [-0.15, -0.1) is 0 Å². The SMILES string of the molecule is CC1Oc2ccccc2N(CCC(=O)Nc2cccc3ccccc23)C1=O. The summed E-state index contributed by atoms with van der Waals surface area (Å²) >= 11 is 0. The van der Waals surface area contributed by atoms with Crippen LogP contribution in [0.1, 0.15) is 13.3 Å². The van der Waals surface area contributed by atoms with Crippen molar-refractivity contribution in [3.8, 4) is 5.75 Å². The molecular formula is C22H20N2O3. The van der Waals surface area contributed by atoms with Gasteiger partial charge in [0.15, 0.2) is 6.10 Å². The quantitative estimate of drug-likeness (QED) is 0.765. The summed E-state index contributed by atoms with van der Waals surface area (Å²) in [5, 5.41) is 5.03. The van der Waals surface area contributed by atoms with Crippen molar-refractivity contribution in [1.29, 1.82) is 0 Å². The second-order valence-corrected chi connectivity index (χ2v) is 6.54. The van der Waals surface area contributed by atoms with Crippen LogP contribution in [-0.2, 0) is 9.59 Å². The van der Waals surface area contributed by atoms with E-state index in [4.69, 9.17) is 4.74 Å². The van der Waals surface area contributed by atoms with Gasteiger partial charge in [-0.3, -0.25) is 9.59 Å². The average Bonchev–Trinajstić information content (AvgIpc) is 2.69. The van der Waals surface area contributed by atoms with E-state index in [1.54, 1.807) is 11.8 Å². The molecule has 3 aromatic carbocycles. The maximum absolute atomic E-state index is 12.5. The van der Waals surface area contributed by atoms with Crippen LogP contribution in [0.3, 0.4) is 0 Å². The van der Waals surface area contributed by atoms with Crippen LogP contribution in [0, 0.1) is 0 Å². The number of para-hydroxylation sites is 2. The zero-order valence-electron chi connectivity index (χ0n) is 15.0. The van der Waals surface area contributed by atoms with Crippen LogP contribution in [0.2, 0.25) is 0 Å². The summed E-state index contributed by atoms with van der Waals surface area (Å²) in [4.78, 5) is 26.7. The number of carbonyl (C=O) groups is 2. The highest BCUT2D eigenvalue weighted by Gasteiger charge is 2.31. The Hall–Kier alpha value is -3.34. The average molecular weight is 360 g/mol. The maximum atomic E-state index is 12.5. The number of amides is 2. The van der Waals surface area contributed by atoms with Crippen LogP contribution in [-0.4, -0.2) is 24.5 Å². The molecule has 0 aliphatic carbocycles. The number of anilines is 2. The molecule has 0 radical (unpaired) electrons. The number of ether oxygens (including phenoxy) is 1. The van der Waals surface area contributed by atoms with E-state index in [-0.39, 0.29) is 18.2 Å². The molecule has 0 saturated carbocycles. The maximum Gasteiger partial charge on any atom is 0.267 e. The highest BCUT2D eigenvalue weighted by Crippen LogP contribution is 2.33. The molecule has 1 N–H and O–H groups in total. The van der Waals surface area contributed by atoms with Crippen molar-refractivity contribution in [1.82, 2.24) is 0 Å². The first-order chi connectivity index (χ1) is 13.1. The number of fused-ring (bicyclic) bond motifs is 2. The lowest BCUT2D eigenvalue weighted by Crippen LogP contribution is -2.45. The van der Waals surface area contributed by atoms with Crippen molar-refractivity contribution in [2.45, 2.75) is 19.4 Å². The molecule has 0 aromatic heterocycles. The number of nitrogens with zero attached hydrogens (tertiary/aromatic N) is 1. The zero-order chi connectivity index (χ0) is 18.8. The number of rotatable bonds is 4. The lowest BCUT2D eigenvalue weighted by atomic mass is 10.1. The van der Waals surface area contributed by atoms with E-state index in [0.29, 0.717) is 18.0 Å². The predicted octanol–water partition coefficient (Wildman–Crippen LogP) is 3.98. The standard InChI is InChI=1S/C22H20N2O3/c1-15-22(26)24(19-11-4-5-12-20(19)27-15)14-13-21(25)23-18-10-6-8-16-7-2-3-9-17(16)18/h2-12,15H,13-14H2,1H3,(H,23,25). The summed E-state index contributed by atoms with van der Waals surface area (Å²) in [6.07, 6.45) is -0.350. The normalized spacial score (nSPS) is 16.0. The van der Waals surface area contributed by atoms with Gasteiger partial charge in [-0.2, -0.15) is 0 Å². The van der Waals surface area contributed by atoms with Crippen LogP contribution >= 0.6 is 0 Å². The van der Waals surface area contributed by atoms with E-state index in [0.717, 1.165) is 16.5 Å². The van der Waals surface area contributed by atoms with Gasteiger partial charge in [0.2, 0.25) is 5.91 Å². The number of benzene rings is 3. The third-order valence-corrected chi connectivity index (χ3v) is 4.70. The Morgan fingerprint density at radius 2 is 1.78 bits per heavy atom. The highest BCUT2D eigenvalue weighted by molar-refractivity contribution is 6.03. The van der Waals surface area contributed by atoms with Gasteiger partial charge in [-0.25, -0.2) is 0 Å². The molecular weight excluding hydrogens is 340 g/mol. The van der Waals surface area contributed by atoms with E-state index in [1.807, 2.05) is 66.7 Å². The molecule has 1 unspecified atom stereocenters. The summed E-state index contributed by atoms with van der Waals surface area (Å²) < 4.78 is 5.63. The fraction of sp³-hybridized carbons (Fsp3) is 0.182. The minimum Gasteiger partial charge on any atom is -0.479 e. The predicted molar refractivity (Wildman–Crippen MR) is 106 cm³/mol. The van der Waals surface area contributed by atoms with Crippen LogP contribution < -0.4 is 15.0 Å². The number of carbonyl (C=O) groups excluding carboxylic acids is 2. The van der Waals surface area contributed by atoms with Crippen LogP contribution in [0.15, 0.2) is 66.7 Å². The molecule has 1 aliphatic rings. The number of hydrogen-bond donors (Lipinski definition) is 1. The van der Waals surface area contributed by atoms with E-state index < -0.39 is 6.10 Å². The monoisotopic (exact) mass is 360 g/mol. The molecule has 1 aliphatic heterocycles. The van der Waals surface area contributed by atoms with Gasteiger partial charge in [0, 0.05) is 24.0 Å². The van der Waals surface area contributed by atoms with Gasteiger partial charge in [0.05, 0.1) is 5.69 Å². The fourth-order valence-electron chi connectivity index (χ4n) is 3.35. The zero-order valence-corrected chi connectivity index (χ0v) is 15.0. The Bertz CT molecular complexity index is 1010. The third-order valence-electron chi connectivity index (χ3n) is 4.70. The molecule has 5 heteroatoms. The summed E-state index contributed by atoms with van der Waals surface area (Å²) in [5.74, 6) is 0.404. The molecule has 0 saturated heterocycles. The molecule has 5 nitrogen and oxygen atoms in total. The van der Waals surface area contributed by atoms with E-state index in [2.05, 4.69) is 5.32 Å². The largest absolute Gasteiger partial charge is 0.479 e. The highest BCUT2D eigenvalue weighted by atomic mass is 16.5. The number of hydrogen-bond acceptors (Lipinski definition) is 3. The van der Waals surface area contributed by atoms with E-state index in [9.17, 15) is 9.59 Å². The first-order valence-corrected chi connectivity index (χ1v) is 8.98. The Morgan fingerprint density at radius 3 is 2.67 bits per heavy atom. The molecule has 1 heterocycles. The van der Waals surface area contributed by atoms with Crippen molar-refractivity contribution in [3.05, 3.63) is 66.7 Å². The second-order valence-electron chi connectivity index (χ2n) is 6.54. The van der Waals surface area contributed by atoms with Crippen molar-refractivity contribution >= 4 is 34.0 Å². The lowest BCUT2D eigenvalue weighted by Gasteiger charge is -2.32. The van der Waals surface area contributed by atoms with Crippen LogP contribution in [0.25, 0.3) is 10.8 Å². The molecule has 4 rings (SSSR count). The second kappa shape index (κ2) is 7.11. The van der Waals surface area contributed by atoms with Gasteiger partial charge in [0.1, 0.15) is 5.75 Å². The molecule has 0 spiro atoms. The van der Waals surface area contributed by atoms with Gasteiger partial charge in [-0.1, -0.05) is 48.5 Å². The Morgan fingerprint density at radius 1 is 1.04 bits per heavy atom. The van der Waals surface area contributed by atoms with Crippen LogP contribution in [0.5, 0.6) is 5.75 Å². The Balaban J connectivity index is 1.48. The molecule has 3 aromatic rings. The smallest absolute Gasteiger partial charge is 0.267 e. The van der Waals surface area contributed by atoms with Gasteiger partial charge in [0.25, 0.3) is 5.91 Å². The van der Waals surface area contributed by atoms with E-state index >= 15 is 0 Å². The minimum absolute atomic E-state index is 0.129. The van der Waals surface area contributed by atoms with Crippen molar-refractivity contribution in [2.75, 3.05) is 16.8 Å². The fourth-order valence-corrected chi connectivity index (χ4v) is 3.35. The van der Waals surface area contributed by atoms with Gasteiger partial charge in [-0.05, 0) is 30.5 Å². The van der Waals surface area contributed by atoms with E-state index in [1.165, 1.54) is 0 Å². The summed E-state index contributed by atoms with van der Waals surface area (Å²) in [7, 11) is 0. The molecule has 1 atom stereocenters. The summed E-state index contributed by atoms with van der Waals surface area (Å²) in [6, 6.07) is 21.1. The summed E-state index contributed by atoms with van der Waals surface area (Å²) in [6.45, 7) is 2.03. The molecule has 0 bridgehead atoms. The summed E-state index contributed by atoms with van der Waals surface area (Å²) in [5.41, 5.74) is 1.48. The van der Waals surface area contributed by atoms with Gasteiger partial charge < -0.3 is 15.0 Å². The lowest BCUT2D eigenvalue weighted by molar-refractivity contribution is -0.125. The molecule has 2 amide bonds. The van der Waals surface area contributed by atoms with Crippen molar-refractivity contribution < 1.29 is 14.3 Å². The number of nitrogens with one attached hydrogen (secondary N) is 1. The molecule has 0 fully saturated rings. The van der Waals surface area contributed by atoms with Crippen LogP contribution in [0.4, 0.5) is 11.4 Å². The first kappa shape index (κ1) is 17.1. The molecule has 27 heavy (non-hydrogen) atoms.